The van der Waals surface area contributed by atoms with E-state index in [9.17, 15) is 9.59 Å². The lowest BCUT2D eigenvalue weighted by molar-refractivity contribution is -0.923. The van der Waals surface area contributed by atoms with Crippen LogP contribution in [0.15, 0.2) is 42.5 Å². The molecule has 1 unspecified atom stereocenters. The summed E-state index contributed by atoms with van der Waals surface area (Å²) in [5, 5.41) is 2.93. The SMILES string of the molecule is COc1cc2c(cc1OC)C[NH+](CN1C(=O)N[C@](C)(CCc3ccccc3)C1=O)CC2. The molecule has 164 valence electrons. The minimum Gasteiger partial charge on any atom is -0.493 e. The van der Waals surface area contributed by atoms with Crippen LogP contribution in [-0.2, 0) is 24.2 Å². The Hall–Kier alpha value is -3.06. The third kappa shape index (κ3) is 4.23. The van der Waals surface area contributed by atoms with Gasteiger partial charge in [0.15, 0.2) is 18.2 Å². The third-order valence-corrected chi connectivity index (χ3v) is 6.38. The van der Waals surface area contributed by atoms with E-state index in [1.54, 1.807) is 14.2 Å². The van der Waals surface area contributed by atoms with Crippen molar-refractivity contribution in [2.45, 2.75) is 38.3 Å². The van der Waals surface area contributed by atoms with Gasteiger partial charge in [-0.05, 0) is 43.0 Å². The summed E-state index contributed by atoms with van der Waals surface area (Å²) < 4.78 is 10.8. The molecule has 1 fully saturated rings. The van der Waals surface area contributed by atoms with Crippen molar-refractivity contribution < 1.29 is 24.0 Å². The summed E-state index contributed by atoms with van der Waals surface area (Å²) in [5.74, 6) is 1.29. The van der Waals surface area contributed by atoms with Crippen molar-refractivity contribution in [3.05, 3.63) is 59.2 Å². The van der Waals surface area contributed by atoms with E-state index in [0.717, 1.165) is 42.8 Å². The average molecular weight is 425 g/mol. The predicted molar refractivity (Wildman–Crippen MR) is 116 cm³/mol. The standard InChI is InChI=1S/C24H29N3O4/c1-24(11-9-17-7-5-4-6-8-17)22(28)27(23(29)25-24)16-26-12-10-18-13-20(30-2)21(31-3)14-19(18)15-26/h4-8,13-14H,9-12,15-16H2,1-3H3,(H,25,29)/p+1/t24-/m1/s1. The fourth-order valence-corrected chi connectivity index (χ4v) is 4.49. The number of urea groups is 1. The molecule has 2 aromatic rings. The van der Waals surface area contributed by atoms with Gasteiger partial charge >= 0.3 is 6.03 Å². The fourth-order valence-electron chi connectivity index (χ4n) is 4.49. The summed E-state index contributed by atoms with van der Waals surface area (Å²) in [7, 11) is 3.26. The Morgan fingerprint density at radius 2 is 1.74 bits per heavy atom. The van der Waals surface area contributed by atoms with Crippen LogP contribution >= 0.6 is 0 Å². The molecule has 0 aromatic heterocycles. The van der Waals surface area contributed by atoms with Gasteiger partial charge in [0.1, 0.15) is 12.1 Å². The van der Waals surface area contributed by atoms with Crippen LogP contribution in [0, 0.1) is 0 Å². The Kier molecular flexibility index (Phi) is 5.87. The average Bonchev–Trinajstić information content (AvgIpc) is 3.00. The van der Waals surface area contributed by atoms with Gasteiger partial charge in [0.05, 0.1) is 20.8 Å². The first kappa shape index (κ1) is 21.2. The van der Waals surface area contributed by atoms with Gasteiger partial charge in [-0.1, -0.05) is 30.3 Å². The number of rotatable bonds is 7. The van der Waals surface area contributed by atoms with Gasteiger partial charge in [-0.25, -0.2) is 9.69 Å². The minimum atomic E-state index is -0.864. The molecule has 1 saturated heterocycles. The number of quaternary nitrogens is 1. The van der Waals surface area contributed by atoms with Crippen LogP contribution in [0.25, 0.3) is 0 Å². The third-order valence-electron chi connectivity index (χ3n) is 6.38. The van der Waals surface area contributed by atoms with E-state index >= 15 is 0 Å². The summed E-state index contributed by atoms with van der Waals surface area (Å²) >= 11 is 0. The van der Waals surface area contributed by atoms with Gasteiger partial charge in [-0.2, -0.15) is 0 Å². The number of carbonyl (C=O) groups excluding carboxylic acids is 2. The normalized spacial score (nSPS) is 22.8. The largest absolute Gasteiger partial charge is 0.493 e. The van der Waals surface area contributed by atoms with Gasteiger partial charge in [-0.15, -0.1) is 0 Å². The van der Waals surface area contributed by atoms with Gasteiger partial charge in [0, 0.05) is 12.0 Å². The highest BCUT2D eigenvalue weighted by Crippen LogP contribution is 2.31. The molecular formula is C24H30N3O4+. The summed E-state index contributed by atoms with van der Waals surface area (Å²) in [4.78, 5) is 28.4. The molecule has 2 N–H and O–H groups in total. The first-order valence-electron chi connectivity index (χ1n) is 10.7. The van der Waals surface area contributed by atoms with Crippen LogP contribution in [0.1, 0.15) is 30.0 Å². The molecule has 2 aliphatic rings. The Bertz CT molecular complexity index is 978. The molecule has 0 spiro atoms. The first-order chi connectivity index (χ1) is 14.9. The molecule has 2 aromatic carbocycles. The fraction of sp³-hybridized carbons (Fsp3) is 0.417. The lowest BCUT2D eigenvalue weighted by Gasteiger charge is -2.29. The molecule has 31 heavy (non-hydrogen) atoms. The van der Waals surface area contributed by atoms with E-state index in [1.807, 2.05) is 49.4 Å². The highest BCUT2D eigenvalue weighted by molar-refractivity contribution is 6.06. The zero-order valence-electron chi connectivity index (χ0n) is 18.4. The number of hydrogen-bond acceptors (Lipinski definition) is 4. The van der Waals surface area contributed by atoms with Crippen molar-refractivity contribution in [1.29, 1.82) is 0 Å². The van der Waals surface area contributed by atoms with Crippen LogP contribution in [0.4, 0.5) is 4.79 Å². The number of nitrogens with one attached hydrogen (secondary N) is 2. The number of nitrogens with zero attached hydrogens (tertiary/aromatic N) is 1. The number of hydrogen-bond donors (Lipinski definition) is 2. The second kappa shape index (κ2) is 8.59. The molecule has 7 nitrogen and oxygen atoms in total. The lowest BCUT2D eigenvalue weighted by atomic mass is 9.93. The number of amides is 3. The van der Waals surface area contributed by atoms with Gasteiger partial charge < -0.3 is 19.7 Å². The maximum Gasteiger partial charge on any atom is 0.329 e. The number of ether oxygens (including phenoxy) is 2. The molecule has 2 atom stereocenters. The van der Waals surface area contributed by atoms with Gasteiger partial charge in [-0.3, -0.25) is 4.79 Å². The van der Waals surface area contributed by atoms with E-state index < -0.39 is 5.54 Å². The monoisotopic (exact) mass is 424 g/mol. The van der Waals surface area contributed by atoms with Crippen LogP contribution in [-0.4, -0.2) is 49.8 Å². The van der Waals surface area contributed by atoms with Crippen LogP contribution in [0.5, 0.6) is 11.5 Å². The molecule has 0 bridgehead atoms. The number of fused-ring (bicyclic) bond motifs is 1. The summed E-state index contributed by atoms with van der Waals surface area (Å²) in [6, 6.07) is 13.8. The smallest absolute Gasteiger partial charge is 0.329 e. The maximum atomic E-state index is 13.2. The summed E-state index contributed by atoms with van der Waals surface area (Å²) in [6.45, 7) is 3.77. The summed E-state index contributed by atoms with van der Waals surface area (Å²) in [6.07, 6.45) is 2.18. The van der Waals surface area contributed by atoms with Crippen LogP contribution in [0.2, 0.25) is 0 Å². The summed E-state index contributed by atoms with van der Waals surface area (Å²) in [5.41, 5.74) is 2.69. The molecule has 2 aliphatic heterocycles. The molecule has 2 heterocycles. The zero-order chi connectivity index (χ0) is 22.0. The van der Waals surface area contributed by atoms with Crippen molar-refractivity contribution in [2.75, 3.05) is 27.4 Å². The number of carbonyl (C=O) groups is 2. The van der Waals surface area contributed by atoms with Crippen molar-refractivity contribution in [3.63, 3.8) is 0 Å². The quantitative estimate of drug-likeness (QED) is 0.662. The van der Waals surface area contributed by atoms with Crippen molar-refractivity contribution in [3.8, 4) is 11.5 Å². The first-order valence-corrected chi connectivity index (χ1v) is 10.7. The van der Waals surface area contributed by atoms with Crippen LogP contribution < -0.4 is 19.7 Å². The Morgan fingerprint density at radius 3 is 2.42 bits per heavy atom. The Labute approximate surface area is 182 Å². The lowest BCUT2D eigenvalue weighted by Crippen LogP contribution is -3.13. The van der Waals surface area contributed by atoms with Crippen molar-refractivity contribution in [2.24, 2.45) is 0 Å². The number of methoxy groups -OCH3 is 2. The maximum absolute atomic E-state index is 13.2. The van der Waals surface area contributed by atoms with E-state index in [4.69, 9.17) is 9.47 Å². The molecule has 3 amide bonds. The molecule has 0 aliphatic carbocycles. The van der Waals surface area contributed by atoms with E-state index in [1.165, 1.54) is 15.4 Å². The highest BCUT2D eigenvalue weighted by Gasteiger charge is 2.48. The number of aryl methyl sites for hydroxylation is 1. The number of imide groups is 1. The molecule has 7 heteroatoms. The van der Waals surface area contributed by atoms with Gasteiger partial charge in [0.25, 0.3) is 5.91 Å². The van der Waals surface area contributed by atoms with Crippen LogP contribution in [0.3, 0.4) is 0 Å². The van der Waals surface area contributed by atoms with Crippen molar-refractivity contribution >= 4 is 11.9 Å². The minimum absolute atomic E-state index is 0.140. The Balaban J connectivity index is 1.42. The van der Waals surface area contributed by atoms with E-state index in [2.05, 4.69) is 5.32 Å². The topological polar surface area (TPSA) is 72.3 Å². The molecule has 0 saturated carbocycles. The molecule has 4 rings (SSSR count). The molecular weight excluding hydrogens is 394 g/mol. The highest BCUT2D eigenvalue weighted by atomic mass is 16.5. The van der Waals surface area contributed by atoms with E-state index in [0.29, 0.717) is 18.8 Å². The van der Waals surface area contributed by atoms with Gasteiger partial charge in [0.2, 0.25) is 0 Å². The van der Waals surface area contributed by atoms with Crippen molar-refractivity contribution in [1.82, 2.24) is 10.2 Å². The second-order valence-corrected chi connectivity index (χ2v) is 8.54. The Morgan fingerprint density at radius 1 is 1.06 bits per heavy atom. The predicted octanol–water partition coefficient (Wildman–Crippen LogP) is 1.55. The zero-order valence-corrected chi connectivity index (χ0v) is 18.4. The van der Waals surface area contributed by atoms with E-state index in [-0.39, 0.29) is 11.9 Å². The second-order valence-electron chi connectivity index (χ2n) is 8.54. The molecule has 0 radical (unpaired) electrons. The number of benzene rings is 2.